The average Bonchev–Trinajstić information content (AvgIpc) is 2.22. The number of carbonyl (C=O) groups excluding carboxylic acids is 1. The first-order valence-electron chi connectivity index (χ1n) is 6.46. The molecule has 0 aromatic heterocycles. The van der Waals surface area contributed by atoms with E-state index in [2.05, 4.69) is 6.92 Å². The van der Waals surface area contributed by atoms with Gasteiger partial charge in [-0.2, -0.15) is 0 Å². The van der Waals surface area contributed by atoms with Gasteiger partial charge < -0.3 is 10.5 Å². The molecule has 3 unspecified atom stereocenters. The molecule has 0 aliphatic heterocycles. The lowest BCUT2D eigenvalue weighted by atomic mass is 9.87. The smallest absolute Gasteiger partial charge is 0.310 e. The Morgan fingerprint density at radius 3 is 2.50 bits per heavy atom. The van der Waals surface area contributed by atoms with E-state index in [-0.39, 0.29) is 23.9 Å². The Balaban J connectivity index is 2.48. The minimum absolute atomic E-state index is 0.101. The molecule has 0 bridgehead atoms. The average molecular weight is 227 g/mol. The molecule has 0 heterocycles. The van der Waals surface area contributed by atoms with Crippen molar-refractivity contribution in [1.29, 1.82) is 0 Å². The Hall–Kier alpha value is -0.570. The maximum Gasteiger partial charge on any atom is 0.310 e. The van der Waals surface area contributed by atoms with Crippen LogP contribution in [0.4, 0.5) is 0 Å². The van der Waals surface area contributed by atoms with E-state index in [9.17, 15) is 4.79 Å². The van der Waals surface area contributed by atoms with Crippen LogP contribution in [0.2, 0.25) is 0 Å². The number of ether oxygens (including phenoxy) is 1. The number of carbonyl (C=O) groups is 1. The van der Waals surface area contributed by atoms with Crippen molar-refractivity contribution in [2.45, 2.75) is 52.6 Å². The highest BCUT2D eigenvalue weighted by atomic mass is 16.5. The third-order valence-corrected chi connectivity index (χ3v) is 3.66. The van der Waals surface area contributed by atoms with Gasteiger partial charge in [-0.15, -0.1) is 0 Å². The maximum absolute atomic E-state index is 11.9. The van der Waals surface area contributed by atoms with Crippen LogP contribution in [0, 0.1) is 17.8 Å². The summed E-state index contributed by atoms with van der Waals surface area (Å²) in [7, 11) is 0. The number of esters is 1. The molecule has 1 fully saturated rings. The minimum Gasteiger partial charge on any atom is -0.462 e. The normalized spacial score (nSPS) is 27.8. The van der Waals surface area contributed by atoms with Crippen molar-refractivity contribution in [2.75, 3.05) is 6.54 Å². The van der Waals surface area contributed by atoms with E-state index in [1.807, 2.05) is 13.8 Å². The van der Waals surface area contributed by atoms with Gasteiger partial charge >= 0.3 is 5.97 Å². The summed E-state index contributed by atoms with van der Waals surface area (Å²) in [6, 6.07) is 0. The van der Waals surface area contributed by atoms with E-state index in [0.29, 0.717) is 12.5 Å². The molecule has 0 amide bonds. The predicted molar refractivity (Wildman–Crippen MR) is 64.9 cm³/mol. The Labute approximate surface area is 98.7 Å². The van der Waals surface area contributed by atoms with Gasteiger partial charge in [0.2, 0.25) is 0 Å². The van der Waals surface area contributed by atoms with Crippen molar-refractivity contribution in [1.82, 2.24) is 0 Å². The van der Waals surface area contributed by atoms with Crippen LogP contribution in [-0.4, -0.2) is 18.6 Å². The molecule has 0 radical (unpaired) electrons. The van der Waals surface area contributed by atoms with E-state index < -0.39 is 0 Å². The van der Waals surface area contributed by atoms with E-state index in [1.165, 1.54) is 19.3 Å². The number of hydrogen-bond acceptors (Lipinski definition) is 3. The summed E-state index contributed by atoms with van der Waals surface area (Å²) in [6.45, 7) is 6.59. The van der Waals surface area contributed by atoms with Gasteiger partial charge in [-0.3, -0.25) is 4.79 Å². The van der Waals surface area contributed by atoms with Gasteiger partial charge in [0.25, 0.3) is 0 Å². The predicted octanol–water partition coefficient (Wildman–Crippen LogP) is 2.34. The van der Waals surface area contributed by atoms with Crippen molar-refractivity contribution in [2.24, 2.45) is 23.5 Å². The third kappa shape index (κ3) is 3.48. The fourth-order valence-corrected chi connectivity index (χ4v) is 2.33. The van der Waals surface area contributed by atoms with E-state index >= 15 is 0 Å². The molecule has 1 aliphatic carbocycles. The van der Waals surface area contributed by atoms with Gasteiger partial charge in [-0.05, 0) is 31.1 Å². The largest absolute Gasteiger partial charge is 0.462 e. The van der Waals surface area contributed by atoms with Crippen LogP contribution in [0.25, 0.3) is 0 Å². The van der Waals surface area contributed by atoms with E-state index in [0.717, 1.165) is 6.42 Å². The van der Waals surface area contributed by atoms with Gasteiger partial charge in [0.15, 0.2) is 0 Å². The van der Waals surface area contributed by atoms with Gasteiger partial charge in [0.1, 0.15) is 6.10 Å². The first-order valence-corrected chi connectivity index (χ1v) is 6.46. The molecule has 0 aromatic carbocycles. The summed E-state index contributed by atoms with van der Waals surface area (Å²) in [5, 5.41) is 0. The fraction of sp³-hybridized carbons (Fsp3) is 0.923. The molecule has 3 heteroatoms. The SMILES string of the molecule is CC(C)C(CN)C(=O)OC1CCCCC1C. The highest BCUT2D eigenvalue weighted by Crippen LogP contribution is 2.27. The van der Waals surface area contributed by atoms with Gasteiger partial charge in [-0.25, -0.2) is 0 Å². The Morgan fingerprint density at radius 2 is 2.00 bits per heavy atom. The molecule has 0 spiro atoms. The van der Waals surface area contributed by atoms with Crippen molar-refractivity contribution in [3.63, 3.8) is 0 Å². The Morgan fingerprint density at radius 1 is 1.38 bits per heavy atom. The number of hydrogen-bond donors (Lipinski definition) is 1. The summed E-state index contributed by atoms with van der Waals surface area (Å²) in [4.78, 5) is 11.9. The molecule has 3 nitrogen and oxygen atoms in total. The quantitative estimate of drug-likeness (QED) is 0.750. The van der Waals surface area contributed by atoms with Gasteiger partial charge in [0, 0.05) is 6.54 Å². The summed E-state index contributed by atoms with van der Waals surface area (Å²) < 4.78 is 5.60. The Kier molecular flexibility index (Phi) is 5.26. The molecule has 0 saturated heterocycles. The van der Waals surface area contributed by atoms with Crippen molar-refractivity contribution in [3.8, 4) is 0 Å². The zero-order chi connectivity index (χ0) is 12.1. The second-order valence-electron chi connectivity index (χ2n) is 5.32. The fourth-order valence-electron chi connectivity index (χ4n) is 2.33. The molecule has 1 rings (SSSR count). The molecule has 3 atom stereocenters. The van der Waals surface area contributed by atoms with Crippen LogP contribution in [-0.2, 0) is 9.53 Å². The highest BCUT2D eigenvalue weighted by molar-refractivity contribution is 5.73. The monoisotopic (exact) mass is 227 g/mol. The van der Waals surface area contributed by atoms with Crippen LogP contribution in [0.5, 0.6) is 0 Å². The molecule has 1 saturated carbocycles. The second kappa shape index (κ2) is 6.24. The minimum atomic E-state index is -0.144. The van der Waals surface area contributed by atoms with Crippen LogP contribution >= 0.6 is 0 Å². The summed E-state index contributed by atoms with van der Waals surface area (Å²) >= 11 is 0. The lowest BCUT2D eigenvalue weighted by molar-refractivity contribution is -0.159. The van der Waals surface area contributed by atoms with Gasteiger partial charge in [-0.1, -0.05) is 27.2 Å². The molecule has 16 heavy (non-hydrogen) atoms. The molecular formula is C13H25NO2. The zero-order valence-electron chi connectivity index (χ0n) is 10.7. The first kappa shape index (κ1) is 13.5. The van der Waals surface area contributed by atoms with Crippen LogP contribution in [0.15, 0.2) is 0 Å². The second-order valence-corrected chi connectivity index (χ2v) is 5.32. The lowest BCUT2D eigenvalue weighted by Crippen LogP contribution is -2.35. The van der Waals surface area contributed by atoms with Crippen molar-refractivity contribution >= 4 is 5.97 Å². The third-order valence-electron chi connectivity index (χ3n) is 3.66. The van der Waals surface area contributed by atoms with Crippen LogP contribution < -0.4 is 5.73 Å². The molecule has 1 aliphatic rings. The summed E-state index contributed by atoms with van der Waals surface area (Å²) in [6.07, 6.45) is 4.75. The first-order chi connectivity index (χ1) is 7.56. The molecule has 2 N–H and O–H groups in total. The van der Waals surface area contributed by atoms with Crippen LogP contribution in [0.3, 0.4) is 0 Å². The Bertz CT molecular complexity index is 228. The standard InChI is InChI=1S/C13H25NO2/c1-9(2)11(8-14)13(15)16-12-7-5-4-6-10(12)3/h9-12H,4-8,14H2,1-3H3. The number of rotatable bonds is 4. The van der Waals surface area contributed by atoms with Crippen molar-refractivity contribution in [3.05, 3.63) is 0 Å². The van der Waals surface area contributed by atoms with Crippen LogP contribution in [0.1, 0.15) is 46.5 Å². The molecule has 94 valence electrons. The number of nitrogens with two attached hydrogens (primary N) is 1. The summed E-state index contributed by atoms with van der Waals surface area (Å²) in [5.74, 6) is 0.519. The summed E-state index contributed by atoms with van der Waals surface area (Å²) in [5.41, 5.74) is 5.61. The lowest BCUT2D eigenvalue weighted by Gasteiger charge is -2.30. The zero-order valence-corrected chi connectivity index (χ0v) is 10.7. The van der Waals surface area contributed by atoms with Crippen molar-refractivity contribution < 1.29 is 9.53 Å². The van der Waals surface area contributed by atoms with E-state index in [4.69, 9.17) is 10.5 Å². The highest BCUT2D eigenvalue weighted by Gasteiger charge is 2.29. The van der Waals surface area contributed by atoms with E-state index in [1.54, 1.807) is 0 Å². The molecule has 0 aromatic rings. The maximum atomic E-state index is 11.9. The van der Waals surface area contributed by atoms with Gasteiger partial charge in [0.05, 0.1) is 5.92 Å². The topological polar surface area (TPSA) is 52.3 Å². The molecular weight excluding hydrogens is 202 g/mol.